The Hall–Kier alpha value is -0.480. The Kier molecular flexibility index (Phi) is 1.98. The van der Waals surface area contributed by atoms with Crippen LogP contribution in [0, 0.1) is 0 Å². The maximum atomic E-state index is 11.1. The van der Waals surface area contributed by atoms with Crippen LogP contribution in [0.4, 0.5) is 4.79 Å². The molecule has 1 rings (SSSR count). The highest BCUT2D eigenvalue weighted by Gasteiger charge is 2.44. The predicted molar refractivity (Wildman–Crippen MR) is 41.2 cm³/mol. The summed E-state index contributed by atoms with van der Waals surface area (Å²) in [7, 11) is 1.65. The highest BCUT2D eigenvalue weighted by atomic mass is 35.5. The molecule has 4 nitrogen and oxygen atoms in total. The van der Waals surface area contributed by atoms with Gasteiger partial charge in [-0.1, -0.05) is 0 Å². The molecule has 0 saturated carbocycles. The van der Waals surface area contributed by atoms with Crippen molar-refractivity contribution in [2.75, 3.05) is 20.2 Å². The summed E-state index contributed by atoms with van der Waals surface area (Å²) in [6.45, 7) is 2.08. The average molecular weight is 179 g/mol. The van der Waals surface area contributed by atoms with Crippen molar-refractivity contribution in [3.8, 4) is 0 Å². The van der Waals surface area contributed by atoms with Crippen LogP contribution in [-0.4, -0.2) is 46.2 Å². The fourth-order valence-corrected chi connectivity index (χ4v) is 1.37. The molecule has 2 amide bonds. The lowest BCUT2D eigenvalue weighted by atomic mass is 10.1. The number of carbonyl (C=O) groups excluding carboxylic acids is 1. The smallest absolute Gasteiger partial charge is 0.335 e. The summed E-state index contributed by atoms with van der Waals surface area (Å²) in [5.74, 6) is 0. The van der Waals surface area contributed by atoms with Gasteiger partial charge in [-0.3, -0.25) is 0 Å². The number of likely N-dealkylation sites (N-methyl/N-ethyl adjacent to an activating group) is 1. The number of hydrogen-bond donors (Lipinski definition) is 1. The first kappa shape index (κ1) is 8.62. The van der Waals surface area contributed by atoms with Crippen LogP contribution in [0.1, 0.15) is 6.92 Å². The third kappa shape index (κ3) is 1.16. The molecule has 1 aliphatic rings. The van der Waals surface area contributed by atoms with Gasteiger partial charge in [-0.2, -0.15) is 0 Å². The van der Waals surface area contributed by atoms with Gasteiger partial charge in [-0.15, -0.1) is 0 Å². The molecule has 1 N–H and O–H groups in total. The van der Waals surface area contributed by atoms with E-state index < -0.39 is 5.54 Å². The van der Waals surface area contributed by atoms with Crippen molar-refractivity contribution in [2.24, 2.45) is 0 Å². The van der Waals surface area contributed by atoms with Gasteiger partial charge >= 0.3 is 6.03 Å². The van der Waals surface area contributed by atoms with Crippen LogP contribution in [0.3, 0.4) is 0 Å². The third-order valence-corrected chi connectivity index (χ3v) is 2.44. The van der Waals surface area contributed by atoms with E-state index in [2.05, 4.69) is 0 Å². The Bertz CT molecular complexity index is 187. The molecule has 0 aromatic heterocycles. The number of amides is 2. The largest absolute Gasteiger partial charge is 0.394 e. The molecule has 0 spiro atoms. The summed E-state index contributed by atoms with van der Waals surface area (Å²) in [5.41, 5.74) is -0.632. The average Bonchev–Trinajstić information content (AvgIpc) is 2.17. The zero-order chi connectivity index (χ0) is 8.65. The van der Waals surface area contributed by atoms with Gasteiger partial charge in [0, 0.05) is 25.4 Å². The van der Waals surface area contributed by atoms with Gasteiger partial charge < -0.3 is 10.0 Å². The Morgan fingerprint density at radius 3 is 2.55 bits per heavy atom. The van der Waals surface area contributed by atoms with Crippen molar-refractivity contribution in [2.45, 2.75) is 12.5 Å². The van der Waals surface area contributed by atoms with Crippen molar-refractivity contribution in [1.29, 1.82) is 0 Å². The number of halogens is 1. The first-order chi connectivity index (χ1) is 5.01. The SMILES string of the molecule is CN1CC(C)(CO)N(Cl)C1=O. The number of aliphatic hydroxyl groups is 1. The second-order valence-corrected chi connectivity index (χ2v) is 3.41. The Morgan fingerprint density at radius 2 is 2.36 bits per heavy atom. The van der Waals surface area contributed by atoms with Crippen LogP contribution in [0.2, 0.25) is 0 Å². The summed E-state index contributed by atoms with van der Waals surface area (Å²) in [5, 5.41) is 8.93. The zero-order valence-electron chi connectivity index (χ0n) is 6.54. The lowest BCUT2D eigenvalue weighted by molar-refractivity contribution is 0.150. The third-order valence-electron chi connectivity index (χ3n) is 1.89. The molecular weight excluding hydrogens is 168 g/mol. The van der Waals surface area contributed by atoms with Crippen LogP contribution in [0.25, 0.3) is 0 Å². The second kappa shape index (κ2) is 2.53. The molecule has 1 heterocycles. The number of aliphatic hydroxyl groups excluding tert-OH is 1. The molecule has 1 atom stereocenters. The maximum absolute atomic E-state index is 11.1. The second-order valence-electron chi connectivity index (χ2n) is 3.07. The minimum absolute atomic E-state index is 0.118. The first-order valence-electron chi connectivity index (χ1n) is 3.33. The first-order valence-corrected chi connectivity index (χ1v) is 3.67. The summed E-state index contributed by atoms with van der Waals surface area (Å²) in [6.07, 6.45) is 0. The van der Waals surface area contributed by atoms with Crippen LogP contribution in [0.15, 0.2) is 0 Å². The number of carbonyl (C=O) groups is 1. The molecule has 1 aliphatic heterocycles. The Balaban J connectivity index is 2.82. The van der Waals surface area contributed by atoms with E-state index in [0.29, 0.717) is 6.54 Å². The van der Waals surface area contributed by atoms with Gasteiger partial charge in [0.05, 0.1) is 12.1 Å². The van der Waals surface area contributed by atoms with Gasteiger partial charge in [-0.05, 0) is 6.92 Å². The minimum Gasteiger partial charge on any atom is -0.394 e. The minimum atomic E-state index is -0.632. The Morgan fingerprint density at radius 1 is 1.82 bits per heavy atom. The molecule has 0 radical (unpaired) electrons. The van der Waals surface area contributed by atoms with Crippen molar-refractivity contribution in [3.05, 3.63) is 0 Å². The molecule has 0 aromatic carbocycles. The van der Waals surface area contributed by atoms with E-state index in [9.17, 15) is 4.79 Å². The number of rotatable bonds is 1. The van der Waals surface area contributed by atoms with Crippen LogP contribution >= 0.6 is 11.8 Å². The lowest BCUT2D eigenvalue weighted by Crippen LogP contribution is -2.41. The summed E-state index contributed by atoms with van der Waals surface area (Å²) in [4.78, 5) is 12.6. The summed E-state index contributed by atoms with van der Waals surface area (Å²) in [6, 6.07) is -0.261. The van der Waals surface area contributed by atoms with E-state index in [1.807, 2.05) is 0 Å². The van der Waals surface area contributed by atoms with Crippen LogP contribution in [0.5, 0.6) is 0 Å². The van der Waals surface area contributed by atoms with Gasteiger partial charge in [0.25, 0.3) is 0 Å². The predicted octanol–water partition coefficient (Wildman–Crippen LogP) is 0.259. The maximum Gasteiger partial charge on any atom is 0.335 e. The molecule has 11 heavy (non-hydrogen) atoms. The van der Waals surface area contributed by atoms with Gasteiger partial charge in [-0.25, -0.2) is 9.21 Å². The highest BCUT2D eigenvalue weighted by Crippen LogP contribution is 2.26. The van der Waals surface area contributed by atoms with Gasteiger partial charge in [0.1, 0.15) is 0 Å². The molecule has 1 saturated heterocycles. The van der Waals surface area contributed by atoms with Crippen molar-refractivity contribution in [3.63, 3.8) is 0 Å². The van der Waals surface area contributed by atoms with E-state index in [1.165, 1.54) is 4.90 Å². The molecule has 0 aromatic rings. The van der Waals surface area contributed by atoms with Crippen molar-refractivity contribution in [1.82, 2.24) is 9.32 Å². The molecular formula is C6H11ClN2O2. The normalized spacial score (nSPS) is 31.8. The fourth-order valence-electron chi connectivity index (χ4n) is 1.13. The number of urea groups is 1. The monoisotopic (exact) mass is 178 g/mol. The van der Waals surface area contributed by atoms with E-state index in [4.69, 9.17) is 16.9 Å². The number of nitrogens with zero attached hydrogens (tertiary/aromatic N) is 2. The molecule has 5 heteroatoms. The van der Waals surface area contributed by atoms with E-state index in [0.717, 1.165) is 4.42 Å². The molecule has 0 aliphatic carbocycles. The molecule has 1 fully saturated rings. The molecule has 1 unspecified atom stereocenters. The van der Waals surface area contributed by atoms with Gasteiger partial charge in [0.2, 0.25) is 0 Å². The summed E-state index contributed by atoms with van der Waals surface area (Å²) < 4.78 is 1.05. The number of hydrogen-bond acceptors (Lipinski definition) is 2. The van der Waals surface area contributed by atoms with E-state index in [-0.39, 0.29) is 12.6 Å². The molecule has 64 valence electrons. The van der Waals surface area contributed by atoms with E-state index >= 15 is 0 Å². The lowest BCUT2D eigenvalue weighted by Gasteiger charge is -2.24. The Labute approximate surface area is 70.4 Å². The highest BCUT2D eigenvalue weighted by molar-refractivity contribution is 6.22. The van der Waals surface area contributed by atoms with Crippen LogP contribution in [-0.2, 0) is 0 Å². The summed E-state index contributed by atoms with van der Waals surface area (Å²) >= 11 is 5.65. The standard InChI is InChI=1S/C6H11ClN2O2/c1-6(4-10)3-8(2)5(11)9(6)7/h10H,3-4H2,1-2H3. The van der Waals surface area contributed by atoms with Crippen LogP contribution < -0.4 is 0 Å². The van der Waals surface area contributed by atoms with Crippen molar-refractivity contribution < 1.29 is 9.90 Å². The molecule has 0 bridgehead atoms. The zero-order valence-corrected chi connectivity index (χ0v) is 7.30. The topological polar surface area (TPSA) is 43.8 Å². The van der Waals surface area contributed by atoms with Crippen molar-refractivity contribution >= 4 is 17.8 Å². The fraction of sp³-hybridized carbons (Fsp3) is 0.833. The van der Waals surface area contributed by atoms with E-state index in [1.54, 1.807) is 14.0 Å². The quantitative estimate of drug-likeness (QED) is 0.586. The van der Waals surface area contributed by atoms with Gasteiger partial charge in [0.15, 0.2) is 0 Å².